The Hall–Kier alpha value is -2.09. The Balaban J connectivity index is 0.00000109. The Kier molecular flexibility index (Phi) is 6.81. The monoisotopic (exact) mass is 366 g/mol. The summed E-state index contributed by atoms with van der Waals surface area (Å²) in [6.07, 6.45) is 3.06. The molecule has 2 atom stereocenters. The Labute approximate surface area is 151 Å². The standard InChI is InChI=1S/C15H20N4O3S.C2H6/c1-10(20)19-8-3-2-5-11(19)9-22-13-7-4-6-12-14(13)15(16)18-23(21)17-12;1-2/h4,6-7,11,17H,2-3,5,8-9H2,1H3,(H2,16,18);1-2H3. The van der Waals surface area contributed by atoms with Gasteiger partial charge >= 0.3 is 0 Å². The summed E-state index contributed by atoms with van der Waals surface area (Å²) in [4.78, 5) is 13.6. The van der Waals surface area contributed by atoms with Crippen molar-refractivity contribution in [2.45, 2.75) is 46.1 Å². The quantitative estimate of drug-likeness (QED) is 0.857. The first-order valence-electron chi connectivity index (χ1n) is 8.62. The summed E-state index contributed by atoms with van der Waals surface area (Å²) in [7, 11) is 0. The van der Waals surface area contributed by atoms with E-state index in [0.29, 0.717) is 23.6 Å². The fourth-order valence-corrected chi connectivity index (χ4v) is 3.70. The van der Waals surface area contributed by atoms with Gasteiger partial charge in [-0.05, 0) is 31.4 Å². The molecule has 0 spiro atoms. The number of nitrogens with zero attached hydrogens (tertiary/aromatic N) is 2. The number of carbonyl (C=O) groups excluding carboxylic acids is 1. The van der Waals surface area contributed by atoms with Gasteiger partial charge in [-0.2, -0.15) is 4.40 Å². The van der Waals surface area contributed by atoms with Crippen LogP contribution in [-0.2, 0) is 16.0 Å². The lowest BCUT2D eigenvalue weighted by Gasteiger charge is -2.35. The highest BCUT2D eigenvalue weighted by Crippen LogP contribution is 2.30. The fourth-order valence-electron chi connectivity index (χ4n) is 3.03. The molecule has 3 rings (SSSR count). The third-order valence-electron chi connectivity index (χ3n) is 4.12. The molecule has 0 radical (unpaired) electrons. The number of likely N-dealkylation sites (tertiary alicyclic amines) is 1. The largest absolute Gasteiger partial charge is 0.491 e. The maximum Gasteiger partial charge on any atom is 0.245 e. The molecular formula is C17H26N4O3S. The minimum atomic E-state index is -1.56. The van der Waals surface area contributed by atoms with E-state index in [9.17, 15) is 9.00 Å². The van der Waals surface area contributed by atoms with Crippen LogP contribution in [0.1, 0.15) is 45.6 Å². The Morgan fingerprint density at radius 1 is 1.44 bits per heavy atom. The van der Waals surface area contributed by atoms with Crippen LogP contribution in [-0.4, -0.2) is 40.0 Å². The van der Waals surface area contributed by atoms with Crippen LogP contribution in [0.2, 0.25) is 0 Å². The summed E-state index contributed by atoms with van der Waals surface area (Å²) < 4.78 is 24.0. The molecule has 138 valence electrons. The van der Waals surface area contributed by atoms with Crippen molar-refractivity contribution in [2.24, 2.45) is 10.1 Å². The molecule has 1 aromatic rings. The number of piperidine rings is 1. The molecule has 2 heterocycles. The van der Waals surface area contributed by atoms with Gasteiger partial charge in [0.2, 0.25) is 17.1 Å². The molecule has 7 nitrogen and oxygen atoms in total. The zero-order chi connectivity index (χ0) is 18.4. The van der Waals surface area contributed by atoms with Crippen molar-refractivity contribution in [3.63, 3.8) is 0 Å². The predicted molar refractivity (Wildman–Crippen MR) is 101 cm³/mol. The first kappa shape index (κ1) is 19.2. The van der Waals surface area contributed by atoms with E-state index in [4.69, 9.17) is 10.5 Å². The van der Waals surface area contributed by atoms with Crippen LogP contribution >= 0.6 is 0 Å². The molecule has 0 saturated carbocycles. The highest BCUT2D eigenvalue weighted by atomic mass is 32.2. The number of anilines is 1. The van der Waals surface area contributed by atoms with E-state index in [0.717, 1.165) is 25.8 Å². The number of carbonyl (C=O) groups is 1. The second-order valence-corrected chi connectivity index (χ2v) is 6.56. The highest BCUT2D eigenvalue weighted by Gasteiger charge is 2.26. The summed E-state index contributed by atoms with van der Waals surface area (Å²) in [6.45, 7) is 6.78. The zero-order valence-electron chi connectivity index (χ0n) is 14.9. The van der Waals surface area contributed by atoms with Crippen molar-refractivity contribution in [3.8, 4) is 5.75 Å². The lowest BCUT2D eigenvalue weighted by molar-refractivity contribution is -0.133. The summed E-state index contributed by atoms with van der Waals surface area (Å²) in [5.74, 6) is 0.855. The molecule has 2 aliphatic rings. The lowest BCUT2D eigenvalue weighted by atomic mass is 10.0. The van der Waals surface area contributed by atoms with Gasteiger partial charge in [0.25, 0.3) is 0 Å². The molecule has 0 aliphatic carbocycles. The smallest absolute Gasteiger partial charge is 0.245 e. The van der Waals surface area contributed by atoms with E-state index in [1.807, 2.05) is 18.7 Å². The third kappa shape index (κ3) is 4.50. The maximum atomic E-state index is 11.7. The van der Waals surface area contributed by atoms with Gasteiger partial charge in [0, 0.05) is 13.5 Å². The second kappa shape index (κ2) is 8.84. The van der Waals surface area contributed by atoms with Crippen LogP contribution in [0.3, 0.4) is 0 Å². The molecule has 3 N–H and O–H groups in total. The van der Waals surface area contributed by atoms with E-state index >= 15 is 0 Å². The van der Waals surface area contributed by atoms with Gasteiger partial charge in [-0.1, -0.05) is 19.9 Å². The van der Waals surface area contributed by atoms with E-state index in [-0.39, 0.29) is 17.8 Å². The molecule has 8 heteroatoms. The van der Waals surface area contributed by atoms with Crippen molar-refractivity contribution >= 4 is 28.6 Å². The van der Waals surface area contributed by atoms with Gasteiger partial charge in [0.1, 0.15) is 18.2 Å². The van der Waals surface area contributed by atoms with Crippen molar-refractivity contribution in [3.05, 3.63) is 23.8 Å². The first-order valence-corrected chi connectivity index (χ1v) is 9.73. The zero-order valence-corrected chi connectivity index (χ0v) is 15.8. The predicted octanol–water partition coefficient (Wildman–Crippen LogP) is 2.20. The molecule has 0 aromatic heterocycles. The van der Waals surface area contributed by atoms with E-state index in [1.54, 1.807) is 25.1 Å². The van der Waals surface area contributed by atoms with Crippen LogP contribution < -0.4 is 15.2 Å². The van der Waals surface area contributed by atoms with Gasteiger partial charge < -0.3 is 15.4 Å². The number of rotatable bonds is 3. The summed E-state index contributed by atoms with van der Waals surface area (Å²) in [6, 6.07) is 5.46. The first-order chi connectivity index (χ1) is 12.1. The molecule has 1 saturated heterocycles. The Bertz CT molecular complexity index is 678. The average molecular weight is 366 g/mol. The van der Waals surface area contributed by atoms with Crippen molar-refractivity contribution in [1.29, 1.82) is 0 Å². The van der Waals surface area contributed by atoms with E-state index < -0.39 is 11.2 Å². The second-order valence-electron chi connectivity index (χ2n) is 5.68. The van der Waals surface area contributed by atoms with Crippen LogP contribution in [0.25, 0.3) is 0 Å². The lowest BCUT2D eigenvalue weighted by Crippen LogP contribution is -2.45. The van der Waals surface area contributed by atoms with E-state index in [1.165, 1.54) is 0 Å². The fraction of sp³-hybridized carbons (Fsp3) is 0.529. The minimum absolute atomic E-state index is 0.0703. The highest BCUT2D eigenvalue weighted by molar-refractivity contribution is 7.85. The van der Waals surface area contributed by atoms with E-state index in [2.05, 4.69) is 9.12 Å². The number of nitrogens with one attached hydrogen (secondary N) is 1. The van der Waals surface area contributed by atoms with Crippen LogP contribution in [0.15, 0.2) is 22.6 Å². The number of amidine groups is 1. The normalized spacial score (nSPS) is 21.9. The number of amides is 1. The van der Waals surface area contributed by atoms with Crippen LogP contribution in [0, 0.1) is 0 Å². The molecule has 25 heavy (non-hydrogen) atoms. The number of hydrogen-bond acceptors (Lipinski definition) is 4. The van der Waals surface area contributed by atoms with Gasteiger partial charge in [0.15, 0.2) is 0 Å². The number of nitrogens with two attached hydrogens (primary N) is 1. The van der Waals surface area contributed by atoms with Crippen molar-refractivity contribution in [1.82, 2.24) is 4.90 Å². The topological polar surface area (TPSA) is 97.0 Å². The van der Waals surface area contributed by atoms with Crippen molar-refractivity contribution in [2.75, 3.05) is 17.9 Å². The van der Waals surface area contributed by atoms with Gasteiger partial charge in [-0.25, -0.2) is 4.21 Å². The van der Waals surface area contributed by atoms with Gasteiger partial charge in [-0.3, -0.25) is 9.52 Å². The molecule has 1 fully saturated rings. The van der Waals surface area contributed by atoms with Crippen LogP contribution in [0.5, 0.6) is 5.75 Å². The number of ether oxygens (including phenoxy) is 1. The van der Waals surface area contributed by atoms with Gasteiger partial charge in [-0.15, -0.1) is 0 Å². The molecule has 1 aromatic carbocycles. The molecule has 0 bridgehead atoms. The van der Waals surface area contributed by atoms with Crippen molar-refractivity contribution < 1.29 is 13.7 Å². The molecular weight excluding hydrogens is 340 g/mol. The summed E-state index contributed by atoms with van der Waals surface area (Å²) in [5, 5.41) is 0. The molecule has 2 aliphatic heterocycles. The summed E-state index contributed by atoms with van der Waals surface area (Å²) >= 11 is -1.56. The average Bonchev–Trinajstić information content (AvgIpc) is 2.61. The Morgan fingerprint density at radius 2 is 2.20 bits per heavy atom. The number of fused-ring (bicyclic) bond motifs is 1. The molecule has 2 unspecified atom stereocenters. The number of hydrogen-bond donors (Lipinski definition) is 2. The van der Waals surface area contributed by atoms with Crippen LogP contribution in [0.4, 0.5) is 5.69 Å². The SMILES string of the molecule is CC.CC(=O)N1CCCCC1COc1cccc2c1C(N)=NS(=O)N2. The minimum Gasteiger partial charge on any atom is -0.491 e. The third-order valence-corrected chi connectivity index (χ3v) is 4.88. The van der Waals surface area contributed by atoms with Gasteiger partial charge in [0.05, 0.1) is 17.3 Å². The Morgan fingerprint density at radius 3 is 2.92 bits per heavy atom. The molecule has 1 amide bonds. The number of benzene rings is 1. The maximum absolute atomic E-state index is 11.7. The summed E-state index contributed by atoms with van der Waals surface area (Å²) in [5.41, 5.74) is 7.16.